The standard InChI is InChI=1S/C19H18N2O6/c1-26-15-7-3-13(4-8-15)11-18(20(22)23)19(21(24)25)12-17(19)14-5-9-16(27-2)10-6-14/h3-11,17H,12H2,1-2H3/b18-11+/t17-,19+/m1/s1. The van der Waals surface area contributed by atoms with Crippen LogP contribution in [0.15, 0.2) is 54.2 Å². The molecule has 0 amide bonds. The Labute approximate surface area is 155 Å². The Balaban J connectivity index is 1.99. The van der Waals surface area contributed by atoms with Crippen LogP contribution in [0.1, 0.15) is 23.5 Å². The summed E-state index contributed by atoms with van der Waals surface area (Å²) in [4.78, 5) is 22.3. The van der Waals surface area contributed by atoms with E-state index in [1.807, 2.05) is 0 Å². The predicted octanol–water partition coefficient (Wildman–Crippen LogP) is 3.52. The van der Waals surface area contributed by atoms with E-state index in [9.17, 15) is 20.2 Å². The molecule has 140 valence electrons. The summed E-state index contributed by atoms with van der Waals surface area (Å²) in [5.74, 6) is 0.656. The lowest BCUT2D eigenvalue weighted by molar-refractivity contribution is -0.569. The molecule has 0 radical (unpaired) electrons. The highest BCUT2D eigenvalue weighted by Gasteiger charge is 2.74. The van der Waals surface area contributed by atoms with Gasteiger partial charge in [-0.2, -0.15) is 0 Å². The highest BCUT2D eigenvalue weighted by Crippen LogP contribution is 2.58. The van der Waals surface area contributed by atoms with Crippen LogP contribution in [-0.4, -0.2) is 29.6 Å². The van der Waals surface area contributed by atoms with Gasteiger partial charge in [0.25, 0.3) is 0 Å². The number of nitrogens with zero attached hydrogens (tertiary/aromatic N) is 2. The van der Waals surface area contributed by atoms with Crippen molar-refractivity contribution < 1.29 is 19.3 Å². The van der Waals surface area contributed by atoms with Gasteiger partial charge in [-0.3, -0.25) is 20.2 Å². The average Bonchev–Trinajstić information content (AvgIpc) is 3.43. The first-order chi connectivity index (χ1) is 12.9. The Kier molecular flexibility index (Phi) is 4.81. The molecule has 0 spiro atoms. The van der Waals surface area contributed by atoms with Gasteiger partial charge in [0, 0.05) is 17.4 Å². The fourth-order valence-corrected chi connectivity index (χ4v) is 3.25. The van der Waals surface area contributed by atoms with Crippen molar-refractivity contribution in [3.8, 4) is 11.5 Å². The number of nitro groups is 2. The molecule has 3 rings (SSSR count). The Morgan fingerprint density at radius 1 is 1.00 bits per heavy atom. The second-order valence-electron chi connectivity index (χ2n) is 6.27. The van der Waals surface area contributed by atoms with Crippen LogP contribution in [0.3, 0.4) is 0 Å². The summed E-state index contributed by atoms with van der Waals surface area (Å²) in [7, 11) is 3.04. The maximum absolute atomic E-state index is 11.8. The number of benzene rings is 2. The minimum atomic E-state index is -1.74. The van der Waals surface area contributed by atoms with Gasteiger partial charge in [-0.25, -0.2) is 0 Å². The minimum Gasteiger partial charge on any atom is -0.497 e. The number of ether oxygens (including phenoxy) is 2. The zero-order valence-corrected chi connectivity index (χ0v) is 14.8. The van der Waals surface area contributed by atoms with Crippen molar-refractivity contribution in [2.75, 3.05) is 14.2 Å². The van der Waals surface area contributed by atoms with Gasteiger partial charge in [-0.15, -0.1) is 0 Å². The van der Waals surface area contributed by atoms with Gasteiger partial charge in [-0.05, 0) is 35.4 Å². The van der Waals surface area contributed by atoms with Crippen LogP contribution < -0.4 is 9.47 Å². The van der Waals surface area contributed by atoms with Crippen molar-refractivity contribution in [3.63, 3.8) is 0 Å². The van der Waals surface area contributed by atoms with E-state index in [4.69, 9.17) is 9.47 Å². The van der Waals surface area contributed by atoms with E-state index in [0.29, 0.717) is 22.6 Å². The molecular formula is C19H18N2O6. The van der Waals surface area contributed by atoms with Gasteiger partial charge >= 0.3 is 11.2 Å². The van der Waals surface area contributed by atoms with Crippen molar-refractivity contribution >= 4 is 6.08 Å². The van der Waals surface area contributed by atoms with E-state index < -0.39 is 27.0 Å². The van der Waals surface area contributed by atoms with E-state index in [-0.39, 0.29) is 6.42 Å². The number of hydrogen-bond acceptors (Lipinski definition) is 6. The summed E-state index contributed by atoms with van der Waals surface area (Å²) in [6, 6.07) is 13.3. The molecule has 8 heteroatoms. The number of hydrogen-bond donors (Lipinski definition) is 0. The van der Waals surface area contributed by atoms with E-state index in [1.54, 1.807) is 48.5 Å². The first-order valence-corrected chi connectivity index (χ1v) is 8.21. The monoisotopic (exact) mass is 370 g/mol. The van der Waals surface area contributed by atoms with Crippen molar-refractivity contribution in [1.29, 1.82) is 0 Å². The Morgan fingerprint density at radius 2 is 1.52 bits per heavy atom. The third-order valence-electron chi connectivity index (χ3n) is 4.84. The lowest BCUT2D eigenvalue weighted by Crippen LogP contribution is -2.30. The van der Waals surface area contributed by atoms with E-state index in [2.05, 4.69) is 0 Å². The van der Waals surface area contributed by atoms with Gasteiger partial charge < -0.3 is 9.47 Å². The summed E-state index contributed by atoms with van der Waals surface area (Å²) in [5, 5.41) is 23.5. The third-order valence-corrected chi connectivity index (χ3v) is 4.84. The Morgan fingerprint density at radius 3 is 1.96 bits per heavy atom. The molecule has 0 bridgehead atoms. The fourth-order valence-electron chi connectivity index (χ4n) is 3.25. The summed E-state index contributed by atoms with van der Waals surface area (Å²) in [6.45, 7) is 0. The lowest BCUT2D eigenvalue weighted by Gasteiger charge is -2.08. The normalized spacial score (nSPS) is 21.4. The maximum atomic E-state index is 11.8. The van der Waals surface area contributed by atoms with Gasteiger partial charge in [0.05, 0.1) is 25.1 Å². The topological polar surface area (TPSA) is 105 Å². The van der Waals surface area contributed by atoms with Crippen LogP contribution in [0, 0.1) is 20.2 Å². The SMILES string of the molecule is COc1ccc(/C=C(/[N+](=O)[O-])[C@]2([N+](=O)[O-])C[C@@H]2c2ccc(OC)cc2)cc1. The quantitative estimate of drug-likeness (QED) is 0.545. The molecule has 2 aromatic rings. The summed E-state index contributed by atoms with van der Waals surface area (Å²) in [6.07, 6.45) is 1.35. The number of rotatable bonds is 7. The van der Waals surface area contributed by atoms with Gasteiger partial charge in [-0.1, -0.05) is 24.3 Å². The Hall–Kier alpha value is -3.42. The Bertz CT molecular complexity index is 891. The highest BCUT2D eigenvalue weighted by molar-refractivity contribution is 5.57. The van der Waals surface area contributed by atoms with Crippen LogP contribution >= 0.6 is 0 Å². The maximum Gasteiger partial charge on any atom is 0.323 e. The summed E-state index contributed by atoms with van der Waals surface area (Å²) < 4.78 is 10.1. The molecule has 1 aliphatic rings. The molecule has 2 atom stereocenters. The lowest BCUT2D eigenvalue weighted by atomic mass is 10.0. The first kappa shape index (κ1) is 18.4. The van der Waals surface area contributed by atoms with Gasteiger partial charge in [0.2, 0.25) is 0 Å². The first-order valence-electron chi connectivity index (χ1n) is 8.21. The fraction of sp³-hybridized carbons (Fsp3) is 0.263. The van der Waals surface area contributed by atoms with E-state index in [0.717, 1.165) is 0 Å². The zero-order valence-electron chi connectivity index (χ0n) is 14.8. The molecular weight excluding hydrogens is 352 g/mol. The predicted molar refractivity (Wildman–Crippen MR) is 98.0 cm³/mol. The molecule has 1 saturated carbocycles. The van der Waals surface area contributed by atoms with Gasteiger partial charge in [0.1, 0.15) is 11.5 Å². The molecule has 1 aliphatic carbocycles. The van der Waals surface area contributed by atoms with Crippen LogP contribution in [-0.2, 0) is 0 Å². The molecule has 2 aromatic carbocycles. The van der Waals surface area contributed by atoms with Crippen LogP contribution in [0.4, 0.5) is 0 Å². The third kappa shape index (κ3) is 3.33. The summed E-state index contributed by atoms with van der Waals surface area (Å²) >= 11 is 0. The molecule has 8 nitrogen and oxygen atoms in total. The molecule has 0 aliphatic heterocycles. The number of methoxy groups -OCH3 is 2. The molecule has 0 aromatic heterocycles. The highest BCUT2D eigenvalue weighted by atomic mass is 16.6. The average molecular weight is 370 g/mol. The van der Waals surface area contributed by atoms with Crippen molar-refractivity contribution in [2.24, 2.45) is 0 Å². The van der Waals surface area contributed by atoms with Crippen LogP contribution in [0.5, 0.6) is 11.5 Å². The van der Waals surface area contributed by atoms with Crippen LogP contribution in [0.2, 0.25) is 0 Å². The molecule has 0 N–H and O–H groups in total. The molecule has 0 saturated heterocycles. The second kappa shape index (κ2) is 7.06. The van der Waals surface area contributed by atoms with Crippen LogP contribution in [0.25, 0.3) is 6.08 Å². The smallest absolute Gasteiger partial charge is 0.323 e. The minimum absolute atomic E-state index is 0.0787. The zero-order chi connectivity index (χ0) is 19.6. The molecule has 27 heavy (non-hydrogen) atoms. The van der Waals surface area contributed by atoms with E-state index >= 15 is 0 Å². The largest absolute Gasteiger partial charge is 0.497 e. The van der Waals surface area contributed by atoms with Crippen molar-refractivity contribution in [1.82, 2.24) is 0 Å². The molecule has 0 unspecified atom stereocenters. The van der Waals surface area contributed by atoms with Gasteiger partial charge in [0.15, 0.2) is 0 Å². The molecule has 1 fully saturated rings. The molecule has 0 heterocycles. The van der Waals surface area contributed by atoms with Crippen molar-refractivity contribution in [3.05, 3.63) is 85.6 Å². The van der Waals surface area contributed by atoms with E-state index in [1.165, 1.54) is 20.3 Å². The second-order valence-corrected chi connectivity index (χ2v) is 6.27. The van der Waals surface area contributed by atoms with Crippen molar-refractivity contribution in [2.45, 2.75) is 17.9 Å². The summed E-state index contributed by atoms with van der Waals surface area (Å²) in [5.41, 5.74) is -0.976.